The van der Waals surface area contributed by atoms with Gasteiger partial charge in [0.1, 0.15) is 6.04 Å². The van der Waals surface area contributed by atoms with E-state index in [-0.39, 0.29) is 12.2 Å². The lowest BCUT2D eigenvalue weighted by Crippen LogP contribution is -2.34. The number of nitrogens with one attached hydrogen (secondary N) is 1. The molecule has 1 aromatic heterocycles. The van der Waals surface area contributed by atoms with Gasteiger partial charge in [-0.15, -0.1) is 0 Å². The van der Waals surface area contributed by atoms with Crippen LogP contribution in [0.25, 0.3) is 0 Å². The van der Waals surface area contributed by atoms with E-state index in [1.54, 1.807) is 13.0 Å². The Bertz CT molecular complexity index is 310. The number of aromatic nitrogens is 1. The Balaban J connectivity index is 2.94. The van der Waals surface area contributed by atoms with Crippen molar-refractivity contribution in [2.75, 3.05) is 6.54 Å². The normalized spacial score (nSPS) is 13.9. The van der Waals surface area contributed by atoms with E-state index in [1.807, 2.05) is 0 Å². The van der Waals surface area contributed by atoms with Gasteiger partial charge in [-0.05, 0) is 34.6 Å². The summed E-state index contributed by atoms with van der Waals surface area (Å²) >= 11 is 3.12. The number of pyridine rings is 1. The topological polar surface area (TPSA) is 24.9 Å². The van der Waals surface area contributed by atoms with Crippen LogP contribution in [0.1, 0.15) is 18.7 Å². The van der Waals surface area contributed by atoms with Gasteiger partial charge in [0.25, 0.3) is 0 Å². The number of hydrogen-bond donors (Lipinski definition) is 1. The van der Waals surface area contributed by atoms with Crippen LogP contribution in [0.2, 0.25) is 0 Å². The van der Waals surface area contributed by atoms with Crippen molar-refractivity contribution in [3.8, 4) is 0 Å². The quantitative estimate of drug-likeness (QED) is 0.922. The first-order chi connectivity index (χ1) is 6.95. The molecule has 1 rings (SSSR count). The molecule has 0 spiro atoms. The number of halogens is 4. The summed E-state index contributed by atoms with van der Waals surface area (Å²) < 4.78 is 38.4. The van der Waals surface area contributed by atoms with Crippen LogP contribution < -0.4 is 5.32 Å². The van der Waals surface area contributed by atoms with Gasteiger partial charge in [0.2, 0.25) is 0 Å². The number of alkyl halides is 3. The van der Waals surface area contributed by atoms with Gasteiger partial charge in [0.05, 0.1) is 5.69 Å². The van der Waals surface area contributed by atoms with Crippen molar-refractivity contribution in [3.63, 3.8) is 0 Å². The first kappa shape index (κ1) is 12.4. The molecule has 1 unspecified atom stereocenters. The molecule has 84 valence electrons. The lowest BCUT2D eigenvalue weighted by atomic mass is 10.2. The van der Waals surface area contributed by atoms with Crippen LogP contribution in [0.5, 0.6) is 0 Å². The van der Waals surface area contributed by atoms with Crippen LogP contribution in [0.15, 0.2) is 22.8 Å². The van der Waals surface area contributed by atoms with Crippen molar-refractivity contribution in [1.29, 1.82) is 0 Å². The van der Waals surface area contributed by atoms with E-state index in [0.29, 0.717) is 4.47 Å². The SMILES string of the molecule is CCNC(c1ccc(Br)cn1)C(F)(F)F. The zero-order chi connectivity index (χ0) is 11.5. The Morgan fingerprint density at radius 2 is 2.13 bits per heavy atom. The van der Waals surface area contributed by atoms with Crippen LogP contribution >= 0.6 is 15.9 Å². The van der Waals surface area contributed by atoms with Crippen LogP contribution in [-0.4, -0.2) is 17.7 Å². The number of rotatable bonds is 3. The highest BCUT2D eigenvalue weighted by atomic mass is 79.9. The Hall–Kier alpha value is -0.620. The Morgan fingerprint density at radius 1 is 1.47 bits per heavy atom. The van der Waals surface area contributed by atoms with E-state index >= 15 is 0 Å². The zero-order valence-corrected chi connectivity index (χ0v) is 9.56. The first-order valence-corrected chi connectivity index (χ1v) is 5.16. The van der Waals surface area contributed by atoms with Crippen molar-refractivity contribution >= 4 is 15.9 Å². The zero-order valence-electron chi connectivity index (χ0n) is 7.98. The summed E-state index contributed by atoms with van der Waals surface area (Å²) in [5.74, 6) is 0. The van der Waals surface area contributed by atoms with Crippen molar-refractivity contribution < 1.29 is 13.2 Å². The van der Waals surface area contributed by atoms with Gasteiger partial charge in [-0.2, -0.15) is 13.2 Å². The van der Waals surface area contributed by atoms with Crippen LogP contribution in [-0.2, 0) is 0 Å². The van der Waals surface area contributed by atoms with Crippen molar-refractivity contribution in [1.82, 2.24) is 10.3 Å². The van der Waals surface area contributed by atoms with E-state index in [0.717, 1.165) is 0 Å². The van der Waals surface area contributed by atoms with Crippen LogP contribution in [0.3, 0.4) is 0 Å². The molecule has 2 nitrogen and oxygen atoms in total. The van der Waals surface area contributed by atoms with E-state index < -0.39 is 12.2 Å². The average molecular weight is 283 g/mol. The number of hydrogen-bond acceptors (Lipinski definition) is 2. The second-order valence-electron chi connectivity index (χ2n) is 2.93. The average Bonchev–Trinajstić information content (AvgIpc) is 2.14. The van der Waals surface area contributed by atoms with Crippen molar-refractivity contribution in [2.45, 2.75) is 19.1 Å². The molecule has 0 saturated carbocycles. The highest BCUT2D eigenvalue weighted by Gasteiger charge is 2.41. The molecular formula is C9H10BrF3N2. The summed E-state index contributed by atoms with van der Waals surface area (Å²) in [5, 5.41) is 2.36. The third kappa shape index (κ3) is 3.46. The van der Waals surface area contributed by atoms with Crippen molar-refractivity contribution in [3.05, 3.63) is 28.5 Å². The minimum absolute atomic E-state index is 0.0208. The van der Waals surface area contributed by atoms with Crippen molar-refractivity contribution in [2.24, 2.45) is 0 Å². The molecule has 0 bridgehead atoms. The third-order valence-corrected chi connectivity index (χ3v) is 2.25. The predicted molar refractivity (Wildman–Crippen MR) is 54.4 cm³/mol. The molecule has 0 aliphatic rings. The molecule has 1 aromatic rings. The molecule has 0 aromatic carbocycles. The molecule has 6 heteroatoms. The Kier molecular flexibility index (Phi) is 4.10. The van der Waals surface area contributed by atoms with Gasteiger partial charge >= 0.3 is 6.18 Å². The first-order valence-electron chi connectivity index (χ1n) is 4.36. The van der Waals surface area contributed by atoms with Gasteiger partial charge in [0.15, 0.2) is 0 Å². The van der Waals surface area contributed by atoms with Gasteiger partial charge in [-0.1, -0.05) is 6.92 Å². The van der Waals surface area contributed by atoms with E-state index in [9.17, 15) is 13.2 Å². The predicted octanol–water partition coefficient (Wildman–Crippen LogP) is 3.06. The minimum Gasteiger partial charge on any atom is -0.301 e. The fourth-order valence-corrected chi connectivity index (χ4v) is 1.38. The van der Waals surface area contributed by atoms with Gasteiger partial charge in [-0.25, -0.2) is 0 Å². The molecule has 0 aliphatic heterocycles. The molecule has 1 heterocycles. The summed E-state index contributed by atoms with van der Waals surface area (Å²) in [6.07, 6.45) is -2.97. The summed E-state index contributed by atoms with van der Waals surface area (Å²) in [6, 6.07) is 1.19. The van der Waals surface area contributed by atoms with Gasteiger partial charge < -0.3 is 5.32 Å². The Morgan fingerprint density at radius 3 is 2.53 bits per heavy atom. The molecule has 0 fully saturated rings. The Labute approximate surface area is 94.0 Å². The standard InChI is InChI=1S/C9H10BrF3N2/c1-2-14-8(9(11,12)13)7-4-3-6(10)5-15-7/h3-5,8,14H,2H2,1H3. The number of nitrogens with zero attached hydrogens (tertiary/aromatic N) is 1. The molecule has 0 amide bonds. The molecule has 0 saturated heterocycles. The van der Waals surface area contributed by atoms with Gasteiger partial charge in [-0.3, -0.25) is 4.98 Å². The summed E-state index contributed by atoms with van der Waals surface area (Å²) in [7, 11) is 0. The van der Waals surface area contributed by atoms with E-state index in [2.05, 4.69) is 26.2 Å². The molecule has 1 N–H and O–H groups in total. The smallest absolute Gasteiger partial charge is 0.301 e. The molecule has 0 aliphatic carbocycles. The largest absolute Gasteiger partial charge is 0.409 e. The van der Waals surface area contributed by atoms with Crippen LogP contribution in [0.4, 0.5) is 13.2 Å². The molecule has 1 atom stereocenters. The summed E-state index contributed by atoms with van der Waals surface area (Å²) in [4.78, 5) is 3.73. The lowest BCUT2D eigenvalue weighted by Gasteiger charge is -2.20. The highest BCUT2D eigenvalue weighted by Crippen LogP contribution is 2.31. The van der Waals surface area contributed by atoms with Gasteiger partial charge in [0, 0.05) is 10.7 Å². The highest BCUT2D eigenvalue weighted by molar-refractivity contribution is 9.10. The fraction of sp³-hybridized carbons (Fsp3) is 0.444. The summed E-state index contributed by atoms with van der Waals surface area (Å²) in [5.41, 5.74) is -0.0208. The lowest BCUT2D eigenvalue weighted by molar-refractivity contribution is -0.158. The maximum Gasteiger partial charge on any atom is 0.409 e. The molecule has 0 radical (unpaired) electrons. The van der Waals surface area contributed by atoms with Crippen LogP contribution in [0, 0.1) is 0 Å². The minimum atomic E-state index is -4.32. The van der Waals surface area contributed by atoms with E-state index in [4.69, 9.17) is 0 Å². The molecular weight excluding hydrogens is 273 g/mol. The second-order valence-corrected chi connectivity index (χ2v) is 3.85. The third-order valence-electron chi connectivity index (χ3n) is 1.78. The second kappa shape index (κ2) is 4.94. The maximum absolute atomic E-state index is 12.6. The summed E-state index contributed by atoms with van der Waals surface area (Å²) in [6.45, 7) is 1.86. The van der Waals surface area contributed by atoms with E-state index in [1.165, 1.54) is 12.3 Å². The monoisotopic (exact) mass is 282 g/mol. The molecule has 15 heavy (non-hydrogen) atoms. The fourth-order valence-electron chi connectivity index (χ4n) is 1.15. The maximum atomic E-state index is 12.6.